The minimum atomic E-state index is -0.523. The second-order valence-electron chi connectivity index (χ2n) is 18.7. The van der Waals surface area contributed by atoms with E-state index in [-0.39, 0.29) is 0 Å². The molecule has 0 unspecified atom stereocenters. The van der Waals surface area contributed by atoms with Gasteiger partial charge in [0.05, 0.1) is 11.1 Å². The molecular formula is C67H41NO. The predicted molar refractivity (Wildman–Crippen MR) is 288 cm³/mol. The molecule has 2 nitrogen and oxygen atoms in total. The summed E-state index contributed by atoms with van der Waals surface area (Å²) in [4.78, 5) is 2.53. The van der Waals surface area contributed by atoms with Crippen LogP contribution in [0.1, 0.15) is 22.3 Å². The number of benzene rings is 12. The van der Waals surface area contributed by atoms with Gasteiger partial charge in [0, 0.05) is 27.7 Å². The number of para-hydroxylation sites is 1. The summed E-state index contributed by atoms with van der Waals surface area (Å²) in [5, 5.41) is 9.85. The van der Waals surface area contributed by atoms with Gasteiger partial charge in [0.2, 0.25) is 0 Å². The maximum atomic E-state index is 6.25. The lowest BCUT2D eigenvalue weighted by atomic mass is 9.70. The molecule has 15 rings (SSSR count). The normalized spacial score (nSPS) is 13.0. The Labute approximate surface area is 399 Å². The van der Waals surface area contributed by atoms with E-state index in [9.17, 15) is 0 Å². The Morgan fingerprint density at radius 3 is 1.32 bits per heavy atom. The molecule has 1 heterocycles. The molecule has 0 aliphatic heterocycles. The van der Waals surface area contributed by atoms with E-state index in [1.807, 2.05) is 12.1 Å². The van der Waals surface area contributed by atoms with E-state index in [0.29, 0.717) is 0 Å². The Kier molecular flexibility index (Phi) is 8.02. The average molecular weight is 876 g/mol. The maximum absolute atomic E-state index is 6.25. The number of fused-ring (bicyclic) bond motifs is 19. The summed E-state index contributed by atoms with van der Waals surface area (Å²) in [6.07, 6.45) is 0. The van der Waals surface area contributed by atoms with Crippen molar-refractivity contribution in [2.45, 2.75) is 5.41 Å². The van der Waals surface area contributed by atoms with Crippen molar-refractivity contribution in [3.05, 3.63) is 271 Å². The first-order valence-electron chi connectivity index (χ1n) is 23.9. The van der Waals surface area contributed by atoms with Gasteiger partial charge in [0.1, 0.15) is 11.2 Å². The Hall–Kier alpha value is -8.98. The molecular weight excluding hydrogens is 835 g/mol. The number of anilines is 3. The van der Waals surface area contributed by atoms with Crippen molar-refractivity contribution in [1.82, 2.24) is 0 Å². The van der Waals surface area contributed by atoms with Gasteiger partial charge in [-0.15, -0.1) is 0 Å². The number of nitrogens with zero attached hydrogens (tertiary/aromatic N) is 1. The molecule has 13 aromatic rings. The molecule has 2 aliphatic carbocycles. The molecule has 0 saturated carbocycles. The number of hydrogen-bond acceptors (Lipinski definition) is 2. The molecule has 0 N–H and O–H groups in total. The minimum Gasteiger partial charge on any atom is -0.456 e. The lowest BCUT2D eigenvalue weighted by Crippen LogP contribution is -2.28. The van der Waals surface area contributed by atoms with Crippen molar-refractivity contribution < 1.29 is 4.42 Å². The van der Waals surface area contributed by atoms with E-state index in [4.69, 9.17) is 4.42 Å². The Morgan fingerprint density at radius 1 is 0.275 bits per heavy atom. The Balaban J connectivity index is 0.923. The summed E-state index contributed by atoms with van der Waals surface area (Å²) in [6, 6.07) is 92.0. The lowest BCUT2D eigenvalue weighted by Gasteiger charge is -2.36. The first-order chi connectivity index (χ1) is 34.2. The highest BCUT2D eigenvalue weighted by atomic mass is 16.3. The van der Waals surface area contributed by atoms with Crippen LogP contribution in [0.5, 0.6) is 0 Å². The second kappa shape index (κ2) is 14.5. The highest BCUT2D eigenvalue weighted by molar-refractivity contribution is 6.26. The van der Waals surface area contributed by atoms with Crippen LogP contribution in [0, 0.1) is 0 Å². The molecule has 0 saturated heterocycles. The SMILES string of the molecule is c1ccc2c(c1)-c1ccccc1C21c2ccccc2-c2cccc(N(c3ccc(-c4ccc(-c5ccc6c(c5)oc5ccccc56)cc4)cc3)c3ccc4c5ccccc5c5ccccc5c4c3)c21. The van der Waals surface area contributed by atoms with Crippen LogP contribution in [0.25, 0.3) is 98.8 Å². The fourth-order valence-corrected chi connectivity index (χ4v) is 12.3. The van der Waals surface area contributed by atoms with Gasteiger partial charge in [-0.25, -0.2) is 0 Å². The molecule has 1 aromatic heterocycles. The van der Waals surface area contributed by atoms with Crippen LogP contribution in [0.4, 0.5) is 17.1 Å². The molecule has 0 bridgehead atoms. The first-order valence-corrected chi connectivity index (χ1v) is 23.9. The molecule has 2 aliphatic rings. The van der Waals surface area contributed by atoms with Gasteiger partial charge < -0.3 is 9.32 Å². The summed E-state index contributed by atoms with van der Waals surface area (Å²) in [7, 11) is 0. The summed E-state index contributed by atoms with van der Waals surface area (Å²) < 4.78 is 6.25. The van der Waals surface area contributed by atoms with E-state index in [1.54, 1.807) is 0 Å². The van der Waals surface area contributed by atoms with Gasteiger partial charge in [-0.1, -0.05) is 200 Å². The van der Waals surface area contributed by atoms with Crippen molar-refractivity contribution in [3.8, 4) is 44.5 Å². The highest BCUT2D eigenvalue weighted by Gasteiger charge is 2.53. The fourth-order valence-electron chi connectivity index (χ4n) is 12.3. The quantitative estimate of drug-likeness (QED) is 0.160. The average Bonchev–Trinajstić information content (AvgIpc) is 4.05. The number of hydrogen-bond donors (Lipinski definition) is 0. The van der Waals surface area contributed by atoms with E-state index in [0.717, 1.165) is 55.7 Å². The van der Waals surface area contributed by atoms with Crippen LogP contribution >= 0.6 is 0 Å². The van der Waals surface area contributed by atoms with E-state index >= 15 is 0 Å². The standard InChI is InChI=1S/C67H41NO/c1-2-16-50-48(14-1)49-15-3-4-17-51(49)59-41-47(37-39-52(50)59)68(46-35-32-43(33-36-46)42-28-30-44(31-29-42)45-34-38-57-56-21-8-12-27-64(56)69-65(57)40-45)63-26-13-22-58-55-20-7-11-25-62(55)67(66(58)63)60-23-9-5-18-53(60)54-19-6-10-24-61(54)67/h1-41H. The molecule has 69 heavy (non-hydrogen) atoms. The van der Waals surface area contributed by atoms with Crippen LogP contribution in [0.2, 0.25) is 0 Å². The topological polar surface area (TPSA) is 16.4 Å². The smallest absolute Gasteiger partial charge is 0.136 e. The first kappa shape index (κ1) is 38.2. The van der Waals surface area contributed by atoms with Crippen molar-refractivity contribution in [2.75, 3.05) is 4.90 Å². The van der Waals surface area contributed by atoms with Gasteiger partial charge in [0.25, 0.3) is 0 Å². The largest absolute Gasteiger partial charge is 0.456 e. The van der Waals surface area contributed by atoms with Crippen LogP contribution in [0.3, 0.4) is 0 Å². The van der Waals surface area contributed by atoms with Crippen molar-refractivity contribution >= 4 is 71.3 Å². The zero-order valence-corrected chi connectivity index (χ0v) is 37.5. The third kappa shape index (κ3) is 5.37. The summed E-state index contributed by atoms with van der Waals surface area (Å²) >= 11 is 0. The molecule has 320 valence electrons. The van der Waals surface area contributed by atoms with Crippen molar-refractivity contribution in [2.24, 2.45) is 0 Å². The van der Waals surface area contributed by atoms with Gasteiger partial charge in [-0.05, 0) is 142 Å². The van der Waals surface area contributed by atoms with Crippen LogP contribution < -0.4 is 4.90 Å². The van der Waals surface area contributed by atoms with Gasteiger partial charge in [-0.3, -0.25) is 0 Å². The third-order valence-electron chi connectivity index (χ3n) is 15.3. The minimum absolute atomic E-state index is 0.523. The molecule has 2 heteroatoms. The van der Waals surface area contributed by atoms with E-state index < -0.39 is 5.41 Å². The van der Waals surface area contributed by atoms with Crippen molar-refractivity contribution in [1.29, 1.82) is 0 Å². The lowest BCUT2D eigenvalue weighted by molar-refractivity contribution is 0.669. The Bertz CT molecular complexity index is 4150. The van der Waals surface area contributed by atoms with Gasteiger partial charge in [-0.2, -0.15) is 0 Å². The number of furan rings is 1. The van der Waals surface area contributed by atoms with Crippen molar-refractivity contribution in [3.63, 3.8) is 0 Å². The summed E-state index contributed by atoms with van der Waals surface area (Å²) in [5.74, 6) is 0. The monoisotopic (exact) mass is 875 g/mol. The predicted octanol–water partition coefficient (Wildman–Crippen LogP) is 18.2. The molecule has 0 radical (unpaired) electrons. The van der Waals surface area contributed by atoms with Crippen LogP contribution in [-0.4, -0.2) is 0 Å². The molecule has 0 amide bonds. The second-order valence-corrected chi connectivity index (χ2v) is 18.7. The zero-order valence-electron chi connectivity index (χ0n) is 37.5. The zero-order chi connectivity index (χ0) is 45.2. The van der Waals surface area contributed by atoms with Crippen LogP contribution in [-0.2, 0) is 5.41 Å². The summed E-state index contributed by atoms with van der Waals surface area (Å²) in [6.45, 7) is 0. The van der Waals surface area contributed by atoms with Gasteiger partial charge >= 0.3 is 0 Å². The van der Waals surface area contributed by atoms with Crippen LogP contribution in [0.15, 0.2) is 253 Å². The molecule has 1 spiro atoms. The van der Waals surface area contributed by atoms with Gasteiger partial charge in [0.15, 0.2) is 0 Å². The fraction of sp³-hybridized carbons (Fsp3) is 0.0149. The molecule has 0 atom stereocenters. The third-order valence-corrected chi connectivity index (χ3v) is 15.3. The molecule has 0 fully saturated rings. The summed E-state index contributed by atoms with van der Waals surface area (Å²) in [5.41, 5.74) is 19.8. The molecule has 12 aromatic carbocycles. The van der Waals surface area contributed by atoms with E-state index in [1.165, 1.54) is 82.4 Å². The Morgan fingerprint density at radius 2 is 0.696 bits per heavy atom. The van der Waals surface area contributed by atoms with E-state index in [2.05, 4.69) is 241 Å². The highest BCUT2D eigenvalue weighted by Crippen LogP contribution is 2.65. The maximum Gasteiger partial charge on any atom is 0.136 e. The number of rotatable bonds is 5.